The van der Waals surface area contributed by atoms with Crippen LogP contribution in [0, 0.1) is 56.7 Å². The highest BCUT2D eigenvalue weighted by Crippen LogP contribution is 2.76. The summed E-state index contributed by atoms with van der Waals surface area (Å²) in [6.07, 6.45) is 17.7. The van der Waals surface area contributed by atoms with Crippen molar-refractivity contribution in [3.05, 3.63) is 53.0 Å². The second-order valence-electron chi connectivity index (χ2n) is 21.9. The molecule has 0 spiro atoms. The lowest BCUT2D eigenvalue weighted by atomic mass is 9.33. The zero-order valence-electron chi connectivity index (χ0n) is 37.3. The van der Waals surface area contributed by atoms with Crippen molar-refractivity contribution >= 4 is 32.9 Å². The molecule has 0 bridgehead atoms. The highest BCUT2D eigenvalue weighted by Gasteiger charge is 2.70. The Morgan fingerprint density at radius 3 is 2.34 bits per heavy atom. The average Bonchev–Trinajstić information content (AvgIpc) is 3.81. The van der Waals surface area contributed by atoms with Crippen LogP contribution in [0.15, 0.2) is 48.1 Å². The molecule has 10 heteroatoms. The van der Waals surface area contributed by atoms with Crippen LogP contribution in [-0.4, -0.2) is 78.6 Å². The standard InChI is InChI=1S/C49H73N3O5S2/c1-32(2)35-14-21-49(50-24-25-52-26-28-59(55,56)29-27-52)23-22-46(8)37(42(35)49)10-11-40-45(7)17-15-36(44(5,6)39(45)16-18-47(40,46)9)34-12-19-48(20-13-34,43(53)54)31-57-41-30-38(33(3)4)58-51-41/h12,15,30,35,37,39-40,42,50H,1,3,10-11,13-14,16-29,31H2,2,4-9H3,(H,53,54)/t35-,37+,39-,40+,42+,45-,46+,47+,48?,49-/m0/s1. The van der Waals surface area contributed by atoms with Crippen molar-refractivity contribution in [2.75, 3.05) is 44.3 Å². The summed E-state index contributed by atoms with van der Waals surface area (Å²) in [5, 5.41) is 14.7. The molecule has 10 atom stereocenters. The first-order valence-electron chi connectivity index (χ1n) is 22.9. The molecule has 1 saturated heterocycles. The van der Waals surface area contributed by atoms with Crippen molar-refractivity contribution in [1.29, 1.82) is 0 Å². The molecule has 1 aromatic rings. The van der Waals surface area contributed by atoms with Crippen LogP contribution in [0.4, 0.5) is 0 Å². The fourth-order valence-electron chi connectivity index (χ4n) is 15.3. The molecular weight excluding hydrogens is 775 g/mol. The first-order valence-corrected chi connectivity index (χ1v) is 25.5. The molecule has 59 heavy (non-hydrogen) atoms. The highest BCUT2D eigenvalue weighted by molar-refractivity contribution is 7.91. The maximum absolute atomic E-state index is 12.8. The van der Waals surface area contributed by atoms with Crippen molar-refractivity contribution < 1.29 is 23.1 Å². The maximum atomic E-state index is 12.8. The molecule has 7 aliphatic rings. The molecule has 1 aromatic heterocycles. The van der Waals surface area contributed by atoms with E-state index in [2.05, 4.69) is 81.4 Å². The minimum Gasteiger partial charge on any atom is -0.481 e. The molecule has 8 rings (SSSR count). The minimum absolute atomic E-state index is 0.00212. The summed E-state index contributed by atoms with van der Waals surface area (Å²) in [6, 6.07) is 1.87. The van der Waals surface area contributed by atoms with Crippen LogP contribution in [0.5, 0.6) is 5.88 Å². The number of hydrogen-bond acceptors (Lipinski definition) is 8. The summed E-state index contributed by atoms with van der Waals surface area (Å²) >= 11 is 1.34. The Kier molecular flexibility index (Phi) is 11.2. The predicted molar refractivity (Wildman–Crippen MR) is 240 cm³/mol. The number of fused-ring (bicyclic) bond motifs is 7. The van der Waals surface area contributed by atoms with Gasteiger partial charge in [-0.3, -0.25) is 4.79 Å². The molecule has 1 aliphatic heterocycles. The number of rotatable bonds is 11. The van der Waals surface area contributed by atoms with Gasteiger partial charge in [0.2, 0.25) is 5.88 Å². The number of ether oxygens (including phenoxy) is 1. The van der Waals surface area contributed by atoms with E-state index in [0.717, 1.165) is 36.4 Å². The zero-order chi connectivity index (χ0) is 42.4. The third-order valence-corrected chi connectivity index (χ3v) is 21.3. The molecular formula is C49H73N3O5S2. The molecule has 326 valence electrons. The number of sulfone groups is 1. The van der Waals surface area contributed by atoms with Gasteiger partial charge in [0.25, 0.3) is 0 Å². The molecule has 0 aromatic carbocycles. The van der Waals surface area contributed by atoms with Gasteiger partial charge in [-0.25, -0.2) is 8.42 Å². The van der Waals surface area contributed by atoms with E-state index in [1.54, 1.807) is 0 Å². The van der Waals surface area contributed by atoms with Gasteiger partial charge in [0.05, 0.1) is 16.4 Å². The van der Waals surface area contributed by atoms with Crippen LogP contribution in [0.1, 0.15) is 130 Å². The average molecular weight is 848 g/mol. The Hall–Kier alpha value is -2.27. The van der Waals surface area contributed by atoms with Crippen molar-refractivity contribution in [2.24, 2.45) is 56.7 Å². The van der Waals surface area contributed by atoms with Crippen LogP contribution in [0.25, 0.3) is 5.57 Å². The number of allylic oxidation sites excluding steroid dienone is 6. The van der Waals surface area contributed by atoms with E-state index in [4.69, 9.17) is 4.74 Å². The maximum Gasteiger partial charge on any atom is 0.313 e. The number of nitrogens with one attached hydrogen (secondary N) is 1. The third-order valence-electron chi connectivity index (χ3n) is 18.8. The number of hydrogen-bond donors (Lipinski definition) is 2. The molecule has 2 N–H and O–H groups in total. The Balaban J connectivity index is 1.000. The van der Waals surface area contributed by atoms with E-state index in [-0.39, 0.29) is 33.8 Å². The van der Waals surface area contributed by atoms with E-state index in [1.807, 2.05) is 13.0 Å². The Labute approximate surface area is 359 Å². The topological polar surface area (TPSA) is 109 Å². The van der Waals surface area contributed by atoms with Gasteiger partial charge >= 0.3 is 5.97 Å². The largest absolute Gasteiger partial charge is 0.481 e. The normalized spacial score (nSPS) is 41.3. The van der Waals surface area contributed by atoms with Crippen LogP contribution >= 0.6 is 11.5 Å². The van der Waals surface area contributed by atoms with Gasteiger partial charge < -0.3 is 20.1 Å². The molecule has 6 aliphatic carbocycles. The summed E-state index contributed by atoms with van der Waals surface area (Å²) in [6.45, 7) is 29.2. The highest BCUT2D eigenvalue weighted by atomic mass is 32.2. The monoisotopic (exact) mass is 847 g/mol. The van der Waals surface area contributed by atoms with Crippen molar-refractivity contribution in [3.63, 3.8) is 0 Å². The van der Waals surface area contributed by atoms with Gasteiger partial charge in [-0.15, -0.1) is 0 Å². The molecule has 2 heterocycles. The van der Waals surface area contributed by atoms with Gasteiger partial charge in [0.15, 0.2) is 9.84 Å². The second kappa shape index (κ2) is 15.2. The fourth-order valence-corrected chi connectivity index (χ4v) is 17.2. The van der Waals surface area contributed by atoms with Crippen molar-refractivity contribution in [3.8, 4) is 5.88 Å². The molecule has 0 radical (unpaired) electrons. The number of aliphatic carboxylic acids is 1. The second-order valence-corrected chi connectivity index (χ2v) is 25.0. The molecule has 1 unspecified atom stereocenters. The van der Waals surface area contributed by atoms with E-state index in [9.17, 15) is 18.3 Å². The lowest BCUT2D eigenvalue weighted by Crippen LogP contribution is -2.68. The Morgan fingerprint density at radius 2 is 1.69 bits per heavy atom. The Morgan fingerprint density at radius 1 is 0.949 bits per heavy atom. The quantitative estimate of drug-likeness (QED) is 0.212. The number of nitrogens with zero attached hydrogens (tertiary/aromatic N) is 2. The first kappa shape index (κ1) is 43.4. The SMILES string of the molecule is C=C(C)c1cc(OCC2(C(=O)O)CC=C(C3=CC[C@]4(C)[C@H]5CC[C@@H]6[C@H]7[C@H](C(=C)C)CC[C@]7(NCCN7CCS(=O)(=O)CC7)CC[C@@]6(C)[C@]5(C)CC[C@H]4C3(C)C)CC2)ns1. The zero-order valence-corrected chi connectivity index (χ0v) is 38.9. The fraction of sp³-hybridized carbons (Fsp3) is 0.755. The summed E-state index contributed by atoms with van der Waals surface area (Å²) in [5.41, 5.74) is 4.99. The van der Waals surface area contributed by atoms with Gasteiger partial charge in [-0.1, -0.05) is 65.5 Å². The summed E-state index contributed by atoms with van der Waals surface area (Å²) in [7, 11) is -2.88. The molecule has 8 nitrogen and oxygen atoms in total. The Bertz CT molecular complexity index is 2020. The minimum atomic E-state index is -2.88. The van der Waals surface area contributed by atoms with Gasteiger partial charge in [-0.2, -0.15) is 4.37 Å². The number of aromatic nitrogens is 1. The summed E-state index contributed by atoms with van der Waals surface area (Å²) < 4.78 is 34.6. The van der Waals surface area contributed by atoms with E-state index < -0.39 is 21.2 Å². The van der Waals surface area contributed by atoms with Gasteiger partial charge in [-0.05, 0) is 170 Å². The van der Waals surface area contributed by atoms with E-state index in [1.165, 1.54) is 79.6 Å². The third kappa shape index (κ3) is 7.08. The van der Waals surface area contributed by atoms with Crippen LogP contribution in [0.3, 0.4) is 0 Å². The number of carbonyl (C=O) groups is 1. The van der Waals surface area contributed by atoms with Crippen molar-refractivity contribution in [1.82, 2.24) is 14.6 Å². The van der Waals surface area contributed by atoms with Gasteiger partial charge in [0.1, 0.15) is 12.0 Å². The summed E-state index contributed by atoms with van der Waals surface area (Å²) in [5.74, 6) is 3.31. The molecule has 4 saturated carbocycles. The van der Waals surface area contributed by atoms with Crippen molar-refractivity contribution in [2.45, 2.75) is 131 Å². The first-order chi connectivity index (χ1) is 27.7. The molecule has 0 amide bonds. The number of carboxylic acids is 1. The smallest absolute Gasteiger partial charge is 0.313 e. The lowest BCUT2D eigenvalue weighted by molar-refractivity contribution is -0.221. The number of carboxylic acid groups (broad SMARTS) is 1. The predicted octanol–water partition coefficient (Wildman–Crippen LogP) is 10.0. The van der Waals surface area contributed by atoms with Crippen LogP contribution in [0.2, 0.25) is 0 Å². The lowest BCUT2D eigenvalue weighted by Gasteiger charge is -2.72. The van der Waals surface area contributed by atoms with E-state index >= 15 is 0 Å². The van der Waals surface area contributed by atoms with Crippen LogP contribution in [-0.2, 0) is 14.6 Å². The van der Waals surface area contributed by atoms with Crippen LogP contribution < -0.4 is 10.1 Å². The van der Waals surface area contributed by atoms with E-state index in [0.29, 0.717) is 72.9 Å². The summed E-state index contributed by atoms with van der Waals surface area (Å²) in [4.78, 5) is 16.1. The molecule has 5 fully saturated rings. The van der Waals surface area contributed by atoms with Gasteiger partial charge in [0, 0.05) is 37.8 Å².